The van der Waals surface area contributed by atoms with Crippen molar-refractivity contribution in [3.8, 4) is 17.5 Å². The smallest absolute Gasteiger partial charge is 0.144 e. The first kappa shape index (κ1) is 11.2. The molecule has 2 rings (SSSR count). The molecule has 0 saturated heterocycles. The largest absolute Gasteiger partial charge is 0.492 e. The summed E-state index contributed by atoms with van der Waals surface area (Å²) in [7, 11) is 0. The minimum absolute atomic E-state index is 0.580. The van der Waals surface area contributed by atoms with Gasteiger partial charge in [-0.2, -0.15) is 10.4 Å². The molecule has 0 radical (unpaired) electrons. The van der Waals surface area contributed by atoms with E-state index in [2.05, 4.69) is 11.2 Å². The maximum Gasteiger partial charge on any atom is 0.144 e. The molecule has 0 amide bonds. The summed E-state index contributed by atoms with van der Waals surface area (Å²) in [5.41, 5.74) is 2.25. The molecule has 0 aliphatic carbocycles. The quantitative estimate of drug-likeness (QED) is 0.809. The number of para-hydroxylation sites is 2. The Balaban J connectivity index is 2.53. The summed E-state index contributed by atoms with van der Waals surface area (Å²) in [4.78, 5) is 0. The van der Waals surface area contributed by atoms with Gasteiger partial charge in [0.1, 0.15) is 17.5 Å². The molecule has 0 aliphatic rings. The van der Waals surface area contributed by atoms with Gasteiger partial charge in [0.15, 0.2) is 0 Å². The lowest BCUT2D eigenvalue weighted by atomic mass is 10.2. The molecular formula is C13H13N3O. The van der Waals surface area contributed by atoms with Crippen LogP contribution in [0.2, 0.25) is 0 Å². The molecule has 86 valence electrons. The van der Waals surface area contributed by atoms with E-state index < -0.39 is 0 Å². The normalized spacial score (nSPS) is 9.94. The van der Waals surface area contributed by atoms with Gasteiger partial charge in [-0.05, 0) is 26.0 Å². The molecule has 17 heavy (non-hydrogen) atoms. The Morgan fingerprint density at radius 2 is 2.18 bits per heavy atom. The average Bonchev–Trinajstić information content (AvgIpc) is 2.72. The number of nitrogens with zero attached hydrogens (tertiary/aromatic N) is 3. The highest BCUT2D eigenvalue weighted by atomic mass is 16.5. The van der Waals surface area contributed by atoms with Crippen molar-refractivity contribution in [2.24, 2.45) is 0 Å². The lowest BCUT2D eigenvalue weighted by Gasteiger charge is -2.11. The summed E-state index contributed by atoms with van der Waals surface area (Å²) >= 11 is 0. The second-order valence-corrected chi connectivity index (χ2v) is 3.57. The molecule has 0 spiro atoms. The van der Waals surface area contributed by atoms with Gasteiger partial charge in [0, 0.05) is 0 Å². The van der Waals surface area contributed by atoms with Crippen molar-refractivity contribution in [1.82, 2.24) is 9.78 Å². The monoisotopic (exact) mass is 227 g/mol. The first-order valence-electron chi connectivity index (χ1n) is 5.44. The molecule has 0 aliphatic heterocycles. The molecule has 2 aromatic rings. The fourth-order valence-electron chi connectivity index (χ4n) is 1.67. The van der Waals surface area contributed by atoms with Gasteiger partial charge >= 0.3 is 0 Å². The van der Waals surface area contributed by atoms with Gasteiger partial charge in [-0.1, -0.05) is 12.1 Å². The molecule has 1 heterocycles. The van der Waals surface area contributed by atoms with Crippen LogP contribution in [0.3, 0.4) is 0 Å². The Hall–Kier alpha value is -2.28. The van der Waals surface area contributed by atoms with Crippen LogP contribution in [0, 0.1) is 18.3 Å². The summed E-state index contributed by atoms with van der Waals surface area (Å²) in [6, 6.07) is 9.77. The van der Waals surface area contributed by atoms with Crippen LogP contribution in [0.4, 0.5) is 0 Å². The maximum absolute atomic E-state index is 8.92. The molecule has 0 fully saturated rings. The van der Waals surface area contributed by atoms with Crippen molar-refractivity contribution >= 4 is 0 Å². The van der Waals surface area contributed by atoms with E-state index in [9.17, 15) is 0 Å². The van der Waals surface area contributed by atoms with Crippen LogP contribution in [-0.2, 0) is 0 Å². The third-order valence-corrected chi connectivity index (χ3v) is 2.52. The Morgan fingerprint density at radius 1 is 1.41 bits per heavy atom. The summed E-state index contributed by atoms with van der Waals surface area (Å²) < 4.78 is 7.27. The number of aromatic nitrogens is 2. The molecule has 0 N–H and O–H groups in total. The Kier molecular flexibility index (Phi) is 3.10. The predicted molar refractivity (Wildman–Crippen MR) is 64.2 cm³/mol. The van der Waals surface area contributed by atoms with E-state index in [1.165, 1.54) is 0 Å². The highest BCUT2D eigenvalue weighted by Crippen LogP contribution is 2.24. The van der Waals surface area contributed by atoms with E-state index in [-0.39, 0.29) is 0 Å². The Labute approximate surface area is 100 Å². The van der Waals surface area contributed by atoms with Crippen molar-refractivity contribution in [3.63, 3.8) is 0 Å². The summed E-state index contributed by atoms with van der Waals surface area (Å²) in [5, 5.41) is 13.1. The van der Waals surface area contributed by atoms with Crippen LogP contribution in [0.15, 0.2) is 30.5 Å². The van der Waals surface area contributed by atoms with Gasteiger partial charge in [0.05, 0.1) is 24.1 Å². The number of benzene rings is 1. The first-order chi connectivity index (χ1) is 8.27. The maximum atomic E-state index is 8.92. The minimum Gasteiger partial charge on any atom is -0.492 e. The average molecular weight is 227 g/mol. The van der Waals surface area contributed by atoms with E-state index in [0.29, 0.717) is 12.2 Å². The summed E-state index contributed by atoms with van der Waals surface area (Å²) in [6.45, 7) is 4.41. The summed E-state index contributed by atoms with van der Waals surface area (Å²) in [5.74, 6) is 0.769. The second kappa shape index (κ2) is 4.71. The molecule has 0 atom stereocenters. The van der Waals surface area contributed by atoms with Gasteiger partial charge in [0.25, 0.3) is 0 Å². The standard InChI is InChI=1S/C13H13N3O/c1-3-17-13-7-5-4-6-12(13)16-10(2)11(8-14)9-15-16/h4-7,9H,3H2,1-2H3. The third-order valence-electron chi connectivity index (χ3n) is 2.52. The fourth-order valence-corrected chi connectivity index (χ4v) is 1.67. The topological polar surface area (TPSA) is 50.8 Å². The number of hydrogen-bond donors (Lipinski definition) is 0. The van der Waals surface area contributed by atoms with Crippen molar-refractivity contribution in [2.45, 2.75) is 13.8 Å². The highest BCUT2D eigenvalue weighted by molar-refractivity contribution is 5.48. The van der Waals surface area contributed by atoms with Gasteiger partial charge in [-0.3, -0.25) is 0 Å². The second-order valence-electron chi connectivity index (χ2n) is 3.57. The molecule has 1 aromatic carbocycles. The molecule has 0 saturated carbocycles. The predicted octanol–water partition coefficient (Wildman–Crippen LogP) is 2.45. The van der Waals surface area contributed by atoms with Crippen molar-refractivity contribution in [3.05, 3.63) is 41.7 Å². The van der Waals surface area contributed by atoms with Crippen LogP contribution in [-0.4, -0.2) is 16.4 Å². The minimum atomic E-state index is 0.580. The third kappa shape index (κ3) is 2.00. The Morgan fingerprint density at radius 3 is 2.82 bits per heavy atom. The zero-order chi connectivity index (χ0) is 12.3. The highest BCUT2D eigenvalue weighted by Gasteiger charge is 2.11. The number of rotatable bonds is 3. The molecule has 0 bridgehead atoms. The molecule has 4 heteroatoms. The lowest BCUT2D eigenvalue weighted by Crippen LogP contribution is -2.03. The van der Waals surface area contributed by atoms with Crippen LogP contribution in [0.5, 0.6) is 5.75 Å². The van der Waals surface area contributed by atoms with Crippen LogP contribution in [0.1, 0.15) is 18.2 Å². The summed E-state index contributed by atoms with van der Waals surface area (Å²) in [6.07, 6.45) is 1.57. The number of nitriles is 1. The zero-order valence-electron chi connectivity index (χ0n) is 9.84. The number of hydrogen-bond acceptors (Lipinski definition) is 3. The first-order valence-corrected chi connectivity index (χ1v) is 5.44. The van der Waals surface area contributed by atoms with Gasteiger partial charge < -0.3 is 4.74 Å². The lowest BCUT2D eigenvalue weighted by molar-refractivity contribution is 0.338. The molecule has 0 unspecified atom stereocenters. The van der Waals surface area contributed by atoms with E-state index in [1.54, 1.807) is 10.9 Å². The fraction of sp³-hybridized carbons (Fsp3) is 0.231. The van der Waals surface area contributed by atoms with E-state index >= 15 is 0 Å². The number of ether oxygens (including phenoxy) is 1. The Bertz CT molecular complexity index is 566. The van der Waals surface area contributed by atoms with Crippen molar-refractivity contribution in [2.75, 3.05) is 6.61 Å². The van der Waals surface area contributed by atoms with Crippen LogP contribution < -0.4 is 4.74 Å². The van der Waals surface area contributed by atoms with E-state index in [4.69, 9.17) is 10.00 Å². The van der Waals surface area contributed by atoms with E-state index in [1.807, 2.05) is 38.1 Å². The molecular weight excluding hydrogens is 214 g/mol. The van der Waals surface area contributed by atoms with Crippen molar-refractivity contribution < 1.29 is 4.74 Å². The van der Waals surface area contributed by atoms with Crippen LogP contribution in [0.25, 0.3) is 5.69 Å². The van der Waals surface area contributed by atoms with Gasteiger partial charge in [0.2, 0.25) is 0 Å². The van der Waals surface area contributed by atoms with Crippen LogP contribution >= 0.6 is 0 Å². The SMILES string of the molecule is CCOc1ccccc1-n1ncc(C#N)c1C. The molecule has 4 nitrogen and oxygen atoms in total. The van der Waals surface area contributed by atoms with E-state index in [0.717, 1.165) is 17.1 Å². The molecule has 1 aromatic heterocycles. The van der Waals surface area contributed by atoms with Gasteiger partial charge in [-0.15, -0.1) is 0 Å². The van der Waals surface area contributed by atoms with Gasteiger partial charge in [-0.25, -0.2) is 4.68 Å². The van der Waals surface area contributed by atoms with Crippen molar-refractivity contribution in [1.29, 1.82) is 5.26 Å². The zero-order valence-corrected chi connectivity index (χ0v) is 9.84.